The molecule has 2 aromatic heterocycles. The van der Waals surface area contributed by atoms with Gasteiger partial charge in [-0.25, -0.2) is 4.98 Å². The molecule has 0 saturated heterocycles. The summed E-state index contributed by atoms with van der Waals surface area (Å²) < 4.78 is 3.04. The molecule has 0 aliphatic rings. The predicted molar refractivity (Wildman–Crippen MR) is 111 cm³/mol. The smallest absolute Gasteiger partial charge is 0.271 e. The first-order valence-corrected chi connectivity index (χ1v) is 10.2. The van der Waals surface area contributed by atoms with Crippen molar-refractivity contribution in [2.24, 2.45) is 0 Å². The number of thioether (sulfide) groups is 1. The zero-order valence-corrected chi connectivity index (χ0v) is 16.4. The number of rotatable bonds is 4. The number of nitrogens with zero attached hydrogens (tertiary/aromatic N) is 2. The number of thiazole rings is 1. The molecule has 1 N–H and O–H groups in total. The Morgan fingerprint density at radius 1 is 1.15 bits per heavy atom. The van der Waals surface area contributed by atoms with Gasteiger partial charge < -0.3 is 4.98 Å². The lowest BCUT2D eigenvalue weighted by Crippen LogP contribution is -2.09. The van der Waals surface area contributed by atoms with Gasteiger partial charge in [0.25, 0.3) is 5.56 Å². The minimum Gasteiger partial charge on any atom is -0.300 e. The van der Waals surface area contributed by atoms with Crippen LogP contribution in [0.5, 0.6) is 0 Å². The van der Waals surface area contributed by atoms with Crippen LogP contribution in [0.2, 0.25) is 0 Å². The molecule has 0 spiro atoms. The second-order valence-corrected chi connectivity index (χ2v) is 8.45. The minimum absolute atomic E-state index is 0.146. The zero-order valence-electron chi connectivity index (χ0n) is 13.9. The fourth-order valence-corrected chi connectivity index (χ4v) is 4.69. The maximum atomic E-state index is 12.5. The SMILES string of the molecule is Cc1ccc(-n2c(=S)sc3c(=O)[nH]c(SCc4ccccc4)nc32)cc1. The molecule has 130 valence electrons. The highest BCUT2D eigenvalue weighted by molar-refractivity contribution is 7.98. The number of aromatic nitrogens is 3. The van der Waals surface area contributed by atoms with Crippen LogP contribution in [0.25, 0.3) is 16.0 Å². The molecule has 0 bridgehead atoms. The summed E-state index contributed by atoms with van der Waals surface area (Å²) in [5, 5.41) is 0.597. The zero-order chi connectivity index (χ0) is 18.1. The number of nitrogens with one attached hydrogen (secondary N) is 1. The third-order valence-corrected chi connectivity index (χ3v) is 6.24. The predicted octanol–water partition coefficient (Wildman–Crippen LogP) is 5.11. The fourth-order valence-electron chi connectivity index (χ4n) is 2.61. The highest BCUT2D eigenvalue weighted by Gasteiger charge is 2.13. The van der Waals surface area contributed by atoms with E-state index in [-0.39, 0.29) is 5.56 Å². The molecular formula is C19H15N3OS3. The summed E-state index contributed by atoms with van der Waals surface area (Å²) in [6, 6.07) is 18.2. The number of aromatic amines is 1. The van der Waals surface area contributed by atoms with Crippen LogP contribution in [-0.4, -0.2) is 14.5 Å². The Morgan fingerprint density at radius 3 is 2.62 bits per heavy atom. The van der Waals surface area contributed by atoms with Gasteiger partial charge in [0.15, 0.2) is 14.8 Å². The van der Waals surface area contributed by atoms with Crippen LogP contribution in [0.3, 0.4) is 0 Å². The first-order chi connectivity index (χ1) is 12.6. The lowest BCUT2D eigenvalue weighted by Gasteiger charge is -2.06. The Kier molecular flexibility index (Phi) is 4.76. The van der Waals surface area contributed by atoms with E-state index in [1.807, 2.05) is 54.0 Å². The summed E-state index contributed by atoms with van der Waals surface area (Å²) in [5.74, 6) is 0.741. The molecule has 4 nitrogen and oxygen atoms in total. The number of hydrogen-bond acceptors (Lipinski definition) is 5. The Labute approximate surface area is 163 Å². The minimum atomic E-state index is -0.146. The van der Waals surface area contributed by atoms with E-state index < -0.39 is 0 Å². The van der Waals surface area contributed by atoms with E-state index in [1.165, 1.54) is 34.2 Å². The highest BCUT2D eigenvalue weighted by Crippen LogP contribution is 2.26. The van der Waals surface area contributed by atoms with E-state index in [2.05, 4.69) is 22.1 Å². The summed E-state index contributed by atoms with van der Waals surface area (Å²) in [5.41, 5.74) is 3.74. The van der Waals surface area contributed by atoms with Crippen molar-refractivity contribution in [3.05, 3.63) is 80.0 Å². The van der Waals surface area contributed by atoms with Gasteiger partial charge >= 0.3 is 0 Å². The third-order valence-electron chi connectivity index (χ3n) is 3.93. The molecule has 26 heavy (non-hydrogen) atoms. The molecule has 2 heterocycles. The van der Waals surface area contributed by atoms with Crippen molar-refractivity contribution in [3.8, 4) is 5.69 Å². The lowest BCUT2D eigenvalue weighted by atomic mass is 10.2. The van der Waals surface area contributed by atoms with E-state index in [4.69, 9.17) is 12.2 Å². The molecule has 0 fully saturated rings. The quantitative estimate of drug-likeness (QED) is 0.295. The van der Waals surface area contributed by atoms with E-state index in [9.17, 15) is 4.79 Å². The van der Waals surface area contributed by atoms with Gasteiger partial charge in [0, 0.05) is 11.4 Å². The lowest BCUT2D eigenvalue weighted by molar-refractivity contribution is 0.943. The van der Waals surface area contributed by atoms with Crippen LogP contribution >= 0.6 is 35.3 Å². The number of hydrogen-bond donors (Lipinski definition) is 1. The fraction of sp³-hybridized carbons (Fsp3) is 0.105. The summed E-state index contributed by atoms with van der Waals surface area (Å²) >= 11 is 8.29. The molecule has 7 heteroatoms. The first kappa shape index (κ1) is 17.2. The molecule has 0 saturated carbocycles. The van der Waals surface area contributed by atoms with Crippen LogP contribution in [0.15, 0.2) is 64.5 Å². The molecule has 0 unspecified atom stereocenters. The molecular weight excluding hydrogens is 382 g/mol. The summed E-state index contributed by atoms with van der Waals surface area (Å²) in [4.78, 5) is 20.1. The van der Waals surface area contributed by atoms with Gasteiger partial charge in [-0.15, -0.1) is 0 Å². The van der Waals surface area contributed by atoms with Crippen LogP contribution in [0, 0.1) is 10.9 Å². The van der Waals surface area contributed by atoms with E-state index in [1.54, 1.807) is 0 Å². The van der Waals surface area contributed by atoms with Gasteiger partial charge in [-0.2, -0.15) is 0 Å². The molecule has 4 rings (SSSR count). The monoisotopic (exact) mass is 397 g/mol. The normalized spacial score (nSPS) is 11.1. The molecule has 2 aromatic carbocycles. The van der Waals surface area contributed by atoms with E-state index >= 15 is 0 Å². The Hall–Kier alpha value is -2.22. The average molecular weight is 398 g/mol. The van der Waals surface area contributed by atoms with Crippen LogP contribution in [-0.2, 0) is 5.75 Å². The molecule has 4 aromatic rings. The molecule has 0 aliphatic heterocycles. The molecule has 0 atom stereocenters. The van der Waals surface area contributed by atoms with Crippen LogP contribution in [0.1, 0.15) is 11.1 Å². The van der Waals surface area contributed by atoms with Crippen molar-refractivity contribution in [3.63, 3.8) is 0 Å². The van der Waals surface area contributed by atoms with E-state index in [0.717, 1.165) is 11.4 Å². The Balaban J connectivity index is 1.77. The van der Waals surface area contributed by atoms with Gasteiger partial charge in [0.1, 0.15) is 4.70 Å². The van der Waals surface area contributed by atoms with Gasteiger partial charge in [-0.05, 0) is 36.8 Å². The maximum Gasteiger partial charge on any atom is 0.271 e. The molecule has 0 radical (unpaired) electrons. The first-order valence-electron chi connectivity index (χ1n) is 8.01. The highest BCUT2D eigenvalue weighted by atomic mass is 32.2. The van der Waals surface area contributed by atoms with Crippen molar-refractivity contribution in [1.29, 1.82) is 0 Å². The van der Waals surface area contributed by atoms with Crippen molar-refractivity contribution in [1.82, 2.24) is 14.5 Å². The van der Waals surface area contributed by atoms with E-state index in [0.29, 0.717) is 19.5 Å². The Morgan fingerprint density at radius 2 is 1.88 bits per heavy atom. The van der Waals surface area contributed by atoms with Gasteiger partial charge in [-0.3, -0.25) is 9.36 Å². The van der Waals surface area contributed by atoms with Crippen molar-refractivity contribution >= 4 is 45.7 Å². The van der Waals surface area contributed by atoms with Crippen molar-refractivity contribution in [2.45, 2.75) is 17.8 Å². The number of fused-ring (bicyclic) bond motifs is 1. The molecule has 0 amide bonds. The largest absolute Gasteiger partial charge is 0.300 e. The summed E-state index contributed by atoms with van der Waals surface area (Å²) in [6.07, 6.45) is 0. The topological polar surface area (TPSA) is 50.7 Å². The maximum absolute atomic E-state index is 12.5. The third kappa shape index (κ3) is 3.38. The second kappa shape index (κ2) is 7.19. The van der Waals surface area contributed by atoms with Gasteiger partial charge in [-0.1, -0.05) is 71.1 Å². The number of H-pyrrole nitrogens is 1. The van der Waals surface area contributed by atoms with Crippen molar-refractivity contribution in [2.75, 3.05) is 0 Å². The second-order valence-electron chi connectivity index (χ2n) is 5.84. The van der Waals surface area contributed by atoms with Crippen molar-refractivity contribution < 1.29 is 0 Å². The van der Waals surface area contributed by atoms with Crippen LogP contribution in [0.4, 0.5) is 0 Å². The molecule has 0 aliphatic carbocycles. The van der Waals surface area contributed by atoms with Gasteiger partial charge in [0.2, 0.25) is 0 Å². The number of aryl methyl sites for hydroxylation is 1. The standard InChI is InChI=1S/C19H15N3OS3/c1-12-7-9-14(10-8-12)22-16-15(26-19(22)24)17(23)21-18(20-16)25-11-13-5-3-2-4-6-13/h2-10H,11H2,1H3,(H,20,21,23). The average Bonchev–Trinajstić information content (AvgIpc) is 2.98. The summed E-state index contributed by atoms with van der Waals surface area (Å²) in [7, 11) is 0. The summed E-state index contributed by atoms with van der Waals surface area (Å²) in [6.45, 7) is 2.04. The van der Waals surface area contributed by atoms with Crippen LogP contribution < -0.4 is 5.56 Å². The van der Waals surface area contributed by atoms with Gasteiger partial charge in [0.05, 0.1) is 0 Å². The Bertz CT molecular complexity index is 1170. The number of benzene rings is 2.